The molecule has 4 rings (SSSR count). The van der Waals surface area contributed by atoms with Gasteiger partial charge in [0.05, 0.1) is 12.6 Å². The average Bonchev–Trinajstić information content (AvgIpc) is 2.76. The Balaban J connectivity index is 1.66. The number of hydrogen-bond acceptors (Lipinski definition) is 6. The number of pyridine rings is 2. The molecule has 2 aromatic carbocycles. The lowest BCUT2D eigenvalue weighted by Crippen LogP contribution is -2.11. The molecule has 2 aromatic heterocycles. The lowest BCUT2D eigenvalue weighted by atomic mass is 9.99. The van der Waals surface area contributed by atoms with Gasteiger partial charge in [-0.05, 0) is 72.7 Å². The number of anilines is 1. The Bertz CT molecular complexity index is 1210. The third-order valence-electron chi connectivity index (χ3n) is 5.54. The molecule has 0 aliphatic rings. The third kappa shape index (κ3) is 4.06. The predicted molar refractivity (Wildman–Crippen MR) is 120 cm³/mol. The summed E-state index contributed by atoms with van der Waals surface area (Å²) in [5, 5.41) is 10.9. The van der Waals surface area contributed by atoms with Crippen molar-refractivity contribution in [2.75, 3.05) is 19.4 Å². The number of nitrogens with one attached hydrogen (secondary N) is 1. The summed E-state index contributed by atoms with van der Waals surface area (Å²) in [6.07, 6.45) is 4.43. The summed E-state index contributed by atoms with van der Waals surface area (Å²) >= 11 is 0. The smallest absolute Gasteiger partial charge is 0.150 e. The largest absolute Gasteiger partial charge is 0.497 e. The van der Waals surface area contributed by atoms with E-state index in [1.54, 1.807) is 7.11 Å². The molecule has 0 spiro atoms. The number of nitrogens with zero attached hydrogens (tertiary/aromatic N) is 2. The second-order valence-electron chi connectivity index (χ2n) is 7.54. The number of benzene rings is 2. The molecule has 0 fully saturated rings. The van der Waals surface area contributed by atoms with E-state index >= 15 is 0 Å². The first kappa shape index (κ1) is 20.1. The first-order valence-electron chi connectivity index (χ1n) is 10.1. The molecule has 0 saturated carbocycles. The van der Waals surface area contributed by atoms with Crippen molar-refractivity contribution >= 4 is 27.6 Å². The Morgan fingerprint density at radius 3 is 2.63 bits per heavy atom. The van der Waals surface area contributed by atoms with Crippen molar-refractivity contribution in [1.82, 2.24) is 15.4 Å². The summed E-state index contributed by atoms with van der Waals surface area (Å²) in [5.74, 6) is 1.32. The van der Waals surface area contributed by atoms with Crippen LogP contribution in [0.2, 0.25) is 0 Å². The number of aryl methyl sites for hydroxylation is 3. The fourth-order valence-corrected chi connectivity index (χ4v) is 3.84. The second-order valence-corrected chi connectivity index (χ2v) is 7.54. The third-order valence-corrected chi connectivity index (χ3v) is 5.54. The number of fused-ring (bicyclic) bond motifs is 3. The molecule has 0 aliphatic carbocycles. The van der Waals surface area contributed by atoms with Crippen molar-refractivity contribution < 1.29 is 9.94 Å². The van der Waals surface area contributed by atoms with Crippen LogP contribution in [0.5, 0.6) is 5.75 Å². The van der Waals surface area contributed by atoms with Gasteiger partial charge in [-0.1, -0.05) is 18.2 Å². The number of methoxy groups -OCH3 is 1. The van der Waals surface area contributed by atoms with E-state index in [2.05, 4.69) is 52.7 Å². The van der Waals surface area contributed by atoms with Crippen molar-refractivity contribution in [3.63, 3.8) is 0 Å². The number of ether oxygens (including phenoxy) is 1. The first-order valence-corrected chi connectivity index (χ1v) is 10.1. The normalized spacial score (nSPS) is 11.3. The highest BCUT2D eigenvalue weighted by molar-refractivity contribution is 6.08. The topological polar surface area (TPSA) is 93.3 Å². The van der Waals surface area contributed by atoms with Crippen LogP contribution in [-0.2, 0) is 19.3 Å². The van der Waals surface area contributed by atoms with Gasteiger partial charge in [0.15, 0.2) is 5.82 Å². The molecule has 0 saturated heterocycles. The summed E-state index contributed by atoms with van der Waals surface area (Å²) in [6.45, 7) is 2.60. The number of rotatable bonds is 7. The summed E-state index contributed by atoms with van der Waals surface area (Å²) in [4.78, 5) is 9.16. The highest BCUT2D eigenvalue weighted by Gasteiger charge is 2.10. The lowest BCUT2D eigenvalue weighted by Gasteiger charge is -2.11. The fourth-order valence-electron chi connectivity index (χ4n) is 3.84. The van der Waals surface area contributed by atoms with Crippen LogP contribution in [0.1, 0.15) is 22.3 Å². The zero-order chi connectivity index (χ0) is 21.1. The fraction of sp³-hybridized carbons (Fsp3) is 0.250. The maximum atomic E-state index is 8.83. The van der Waals surface area contributed by atoms with Gasteiger partial charge in [-0.25, -0.2) is 10.5 Å². The molecule has 4 aromatic rings. The van der Waals surface area contributed by atoms with E-state index in [1.165, 1.54) is 11.1 Å². The van der Waals surface area contributed by atoms with Gasteiger partial charge < -0.3 is 15.7 Å². The van der Waals surface area contributed by atoms with Gasteiger partial charge in [0, 0.05) is 23.5 Å². The summed E-state index contributed by atoms with van der Waals surface area (Å²) < 4.78 is 5.30. The molecule has 0 unspecified atom stereocenters. The Morgan fingerprint density at radius 2 is 1.87 bits per heavy atom. The predicted octanol–water partition coefficient (Wildman–Crippen LogP) is 3.99. The van der Waals surface area contributed by atoms with Gasteiger partial charge in [0.25, 0.3) is 0 Å². The van der Waals surface area contributed by atoms with Gasteiger partial charge in [0.1, 0.15) is 11.3 Å². The van der Waals surface area contributed by atoms with Crippen LogP contribution >= 0.6 is 0 Å². The molecule has 0 amide bonds. The molecule has 2 heterocycles. The SMILES string of the molecule is COc1ccc(CCc2cnc3c(N)nc4cc(CCNO)ccc4c3c2)c(C)c1. The van der Waals surface area contributed by atoms with Gasteiger partial charge in [-0.3, -0.25) is 4.98 Å². The van der Waals surface area contributed by atoms with Crippen molar-refractivity contribution in [3.8, 4) is 5.75 Å². The van der Waals surface area contributed by atoms with E-state index in [0.717, 1.165) is 51.5 Å². The molecule has 0 aliphatic heterocycles. The van der Waals surface area contributed by atoms with Crippen molar-refractivity contribution in [2.24, 2.45) is 0 Å². The maximum absolute atomic E-state index is 8.83. The van der Waals surface area contributed by atoms with E-state index in [-0.39, 0.29) is 0 Å². The van der Waals surface area contributed by atoms with Crippen LogP contribution in [0.3, 0.4) is 0 Å². The molecule has 0 atom stereocenters. The minimum Gasteiger partial charge on any atom is -0.497 e. The molecule has 6 nitrogen and oxygen atoms in total. The summed E-state index contributed by atoms with van der Waals surface area (Å²) in [7, 11) is 1.69. The average molecular weight is 402 g/mol. The standard InChI is InChI=1S/C24H26N4O2/c1-15-11-19(30-2)7-6-18(15)5-3-17-12-21-20-8-4-16(9-10-27-29)13-22(20)28-24(25)23(21)26-14-17/h4,6-8,11-14,27,29H,3,5,9-10H2,1-2H3,(H2,25,28). The number of aromatic nitrogens is 2. The highest BCUT2D eigenvalue weighted by atomic mass is 16.5. The molecule has 154 valence electrons. The van der Waals surface area contributed by atoms with Crippen LogP contribution in [-0.4, -0.2) is 28.8 Å². The van der Waals surface area contributed by atoms with Crippen LogP contribution < -0.4 is 16.0 Å². The molecule has 6 heteroatoms. The van der Waals surface area contributed by atoms with Crippen molar-refractivity contribution in [1.29, 1.82) is 0 Å². The quantitative estimate of drug-likeness (QED) is 0.320. The Morgan fingerprint density at radius 1 is 1.00 bits per heavy atom. The van der Waals surface area contributed by atoms with E-state index in [0.29, 0.717) is 18.8 Å². The zero-order valence-corrected chi connectivity index (χ0v) is 17.3. The summed E-state index contributed by atoms with van der Waals surface area (Å²) in [5.41, 5.74) is 14.8. The number of nitrogens with two attached hydrogens (primary N) is 1. The second kappa shape index (κ2) is 8.65. The molecule has 30 heavy (non-hydrogen) atoms. The van der Waals surface area contributed by atoms with Gasteiger partial charge in [-0.15, -0.1) is 0 Å². The zero-order valence-electron chi connectivity index (χ0n) is 17.3. The van der Waals surface area contributed by atoms with E-state index in [4.69, 9.17) is 15.7 Å². The highest BCUT2D eigenvalue weighted by Crippen LogP contribution is 2.28. The molecule has 0 bridgehead atoms. The number of nitrogen functional groups attached to an aromatic ring is 1. The minimum atomic E-state index is 0.437. The van der Waals surface area contributed by atoms with Crippen LogP contribution in [0.25, 0.3) is 21.8 Å². The van der Waals surface area contributed by atoms with E-state index < -0.39 is 0 Å². The minimum absolute atomic E-state index is 0.437. The Kier molecular flexibility index (Phi) is 5.79. The molecule has 4 N–H and O–H groups in total. The summed E-state index contributed by atoms with van der Waals surface area (Å²) in [6, 6.07) is 14.5. The van der Waals surface area contributed by atoms with Gasteiger partial charge >= 0.3 is 0 Å². The van der Waals surface area contributed by atoms with Crippen LogP contribution in [0.15, 0.2) is 48.7 Å². The molecule has 0 radical (unpaired) electrons. The van der Waals surface area contributed by atoms with E-state index in [9.17, 15) is 0 Å². The van der Waals surface area contributed by atoms with E-state index in [1.807, 2.05) is 18.3 Å². The lowest BCUT2D eigenvalue weighted by molar-refractivity contribution is 0.168. The number of hydrogen-bond donors (Lipinski definition) is 3. The Labute approximate surface area is 175 Å². The first-order chi connectivity index (χ1) is 14.6. The van der Waals surface area contributed by atoms with Crippen LogP contribution in [0.4, 0.5) is 5.82 Å². The van der Waals surface area contributed by atoms with Gasteiger partial charge in [0.2, 0.25) is 0 Å². The van der Waals surface area contributed by atoms with Crippen molar-refractivity contribution in [3.05, 3.63) is 70.9 Å². The maximum Gasteiger partial charge on any atom is 0.150 e. The monoisotopic (exact) mass is 402 g/mol. The Hall–Kier alpha value is -3.22. The molecular formula is C24H26N4O2. The van der Waals surface area contributed by atoms with Gasteiger partial charge in [-0.2, -0.15) is 0 Å². The number of hydroxylamine groups is 1. The molecular weight excluding hydrogens is 376 g/mol. The van der Waals surface area contributed by atoms with Crippen molar-refractivity contribution in [2.45, 2.75) is 26.2 Å². The van der Waals surface area contributed by atoms with Crippen LogP contribution in [0, 0.1) is 6.92 Å².